The van der Waals surface area contributed by atoms with Crippen LogP contribution in [-0.4, -0.2) is 28.3 Å². The topological polar surface area (TPSA) is 102 Å². The fourth-order valence-electron chi connectivity index (χ4n) is 2.18. The minimum atomic E-state index is -0.548. The van der Waals surface area contributed by atoms with Gasteiger partial charge in [-0.25, -0.2) is 0 Å². The van der Waals surface area contributed by atoms with Gasteiger partial charge in [0.1, 0.15) is 5.69 Å². The zero-order valence-electron chi connectivity index (χ0n) is 11.3. The van der Waals surface area contributed by atoms with Crippen LogP contribution in [0, 0.1) is 10.1 Å². The Morgan fingerprint density at radius 1 is 1.55 bits per heavy atom. The maximum absolute atomic E-state index is 12.4. The van der Waals surface area contributed by atoms with Crippen molar-refractivity contribution in [3.8, 4) is 0 Å². The summed E-state index contributed by atoms with van der Waals surface area (Å²) in [6, 6.07) is 4.59. The van der Waals surface area contributed by atoms with E-state index in [1.54, 1.807) is 11.0 Å². The van der Waals surface area contributed by atoms with E-state index in [0.717, 1.165) is 19.3 Å². The molecule has 0 saturated heterocycles. The van der Waals surface area contributed by atoms with Crippen molar-refractivity contribution in [3.05, 3.63) is 33.9 Å². The first-order valence-electron chi connectivity index (χ1n) is 6.64. The molecule has 0 aliphatic heterocycles. The fourth-order valence-corrected chi connectivity index (χ4v) is 2.18. The number of benzene rings is 1. The predicted molar refractivity (Wildman–Crippen MR) is 75.3 cm³/mol. The monoisotopic (exact) mass is 278 g/mol. The maximum Gasteiger partial charge on any atom is 0.294 e. The molecule has 0 unspecified atom stereocenters. The molecule has 7 nitrogen and oxygen atoms in total. The Morgan fingerprint density at radius 3 is 2.75 bits per heavy atom. The zero-order chi connectivity index (χ0) is 14.7. The van der Waals surface area contributed by atoms with Gasteiger partial charge in [0.15, 0.2) is 0 Å². The Labute approximate surface area is 116 Å². The quantitative estimate of drug-likeness (QED) is 0.470. The van der Waals surface area contributed by atoms with E-state index in [1.807, 2.05) is 6.92 Å². The van der Waals surface area contributed by atoms with E-state index in [-0.39, 0.29) is 23.3 Å². The molecule has 0 aromatic heterocycles. The number of hydrogen-bond acceptors (Lipinski definition) is 5. The zero-order valence-corrected chi connectivity index (χ0v) is 11.3. The van der Waals surface area contributed by atoms with Crippen molar-refractivity contribution in [3.63, 3.8) is 0 Å². The second kappa shape index (κ2) is 5.87. The number of hydrazine groups is 1. The van der Waals surface area contributed by atoms with Crippen molar-refractivity contribution < 1.29 is 9.72 Å². The van der Waals surface area contributed by atoms with Crippen LogP contribution in [0.5, 0.6) is 0 Å². The molecule has 0 atom stereocenters. The van der Waals surface area contributed by atoms with Crippen LogP contribution in [0.4, 0.5) is 11.4 Å². The summed E-state index contributed by atoms with van der Waals surface area (Å²) in [6.45, 7) is 2.68. The van der Waals surface area contributed by atoms with Crippen LogP contribution in [0.15, 0.2) is 18.2 Å². The van der Waals surface area contributed by atoms with E-state index < -0.39 is 4.92 Å². The SMILES string of the molecule is CCCN(C(=O)c1ccc(NN)c([N+](=O)[O-])c1)C1CC1. The summed E-state index contributed by atoms with van der Waals surface area (Å²) >= 11 is 0. The number of nitrogens with one attached hydrogen (secondary N) is 1. The highest BCUT2D eigenvalue weighted by atomic mass is 16.6. The molecule has 1 aliphatic carbocycles. The van der Waals surface area contributed by atoms with Crippen molar-refractivity contribution in [2.24, 2.45) is 5.84 Å². The number of nitrogen functional groups attached to an aromatic ring is 1. The van der Waals surface area contributed by atoms with Gasteiger partial charge in [0, 0.05) is 24.2 Å². The van der Waals surface area contributed by atoms with Gasteiger partial charge in [0.05, 0.1) is 4.92 Å². The average molecular weight is 278 g/mol. The van der Waals surface area contributed by atoms with Gasteiger partial charge >= 0.3 is 0 Å². The van der Waals surface area contributed by atoms with Crippen LogP contribution in [0.25, 0.3) is 0 Å². The first kappa shape index (κ1) is 14.3. The first-order chi connectivity index (χ1) is 9.58. The van der Waals surface area contributed by atoms with Crippen molar-refractivity contribution >= 4 is 17.3 Å². The number of nitro benzene ring substituents is 1. The largest absolute Gasteiger partial charge is 0.336 e. The molecule has 0 bridgehead atoms. The number of hydrogen-bond donors (Lipinski definition) is 2. The summed E-state index contributed by atoms with van der Waals surface area (Å²) < 4.78 is 0. The molecule has 1 aromatic carbocycles. The molecule has 2 rings (SSSR count). The van der Waals surface area contributed by atoms with Crippen LogP contribution in [0.1, 0.15) is 36.5 Å². The number of nitrogens with two attached hydrogens (primary N) is 1. The van der Waals surface area contributed by atoms with Crippen LogP contribution in [0.2, 0.25) is 0 Å². The number of carbonyl (C=O) groups excluding carboxylic acids is 1. The second-order valence-corrected chi connectivity index (χ2v) is 4.86. The molecular formula is C13H18N4O3. The van der Waals surface area contributed by atoms with E-state index in [0.29, 0.717) is 12.1 Å². The molecule has 0 spiro atoms. The van der Waals surface area contributed by atoms with E-state index in [4.69, 9.17) is 5.84 Å². The number of rotatable bonds is 6. The maximum atomic E-state index is 12.4. The van der Waals surface area contributed by atoms with Gasteiger partial charge in [-0.1, -0.05) is 6.92 Å². The Bertz CT molecular complexity index is 528. The highest BCUT2D eigenvalue weighted by molar-refractivity contribution is 5.96. The minimum absolute atomic E-state index is 0.152. The fraction of sp³-hybridized carbons (Fsp3) is 0.462. The molecule has 0 radical (unpaired) electrons. The number of carbonyl (C=O) groups is 1. The Balaban J connectivity index is 2.29. The Kier molecular flexibility index (Phi) is 4.19. The summed E-state index contributed by atoms with van der Waals surface area (Å²) in [6.07, 6.45) is 2.89. The van der Waals surface area contributed by atoms with Crippen LogP contribution >= 0.6 is 0 Å². The van der Waals surface area contributed by atoms with E-state index in [1.165, 1.54) is 12.1 Å². The van der Waals surface area contributed by atoms with Crippen molar-refractivity contribution in [1.82, 2.24) is 4.90 Å². The normalized spacial score (nSPS) is 13.9. The van der Waals surface area contributed by atoms with Crippen molar-refractivity contribution in [1.29, 1.82) is 0 Å². The van der Waals surface area contributed by atoms with Crippen LogP contribution in [0.3, 0.4) is 0 Å². The predicted octanol–water partition coefficient (Wildman–Crippen LogP) is 1.89. The highest BCUT2D eigenvalue weighted by Gasteiger charge is 2.33. The molecule has 1 aliphatic rings. The number of nitro groups is 1. The van der Waals surface area contributed by atoms with Gasteiger partial charge in [-0.2, -0.15) is 0 Å². The lowest BCUT2D eigenvalue weighted by Gasteiger charge is -2.21. The van der Waals surface area contributed by atoms with Crippen molar-refractivity contribution in [2.75, 3.05) is 12.0 Å². The molecule has 7 heteroatoms. The van der Waals surface area contributed by atoms with E-state index in [9.17, 15) is 14.9 Å². The molecule has 1 amide bonds. The Hall–Kier alpha value is -2.15. The molecule has 1 saturated carbocycles. The van der Waals surface area contributed by atoms with Gasteiger partial charge < -0.3 is 10.3 Å². The standard InChI is InChI=1S/C13H18N4O3/c1-2-7-16(10-4-5-10)13(18)9-3-6-11(15-14)12(8-9)17(19)20/h3,6,8,10,15H,2,4-5,7,14H2,1H3. The van der Waals surface area contributed by atoms with Gasteiger partial charge in [0.2, 0.25) is 0 Å². The molecule has 1 aromatic rings. The molecule has 0 heterocycles. The third kappa shape index (κ3) is 2.88. The number of anilines is 1. The highest BCUT2D eigenvalue weighted by Crippen LogP contribution is 2.30. The summed E-state index contributed by atoms with van der Waals surface area (Å²) in [4.78, 5) is 24.7. The number of nitrogens with zero attached hydrogens (tertiary/aromatic N) is 2. The molecule has 1 fully saturated rings. The van der Waals surface area contributed by atoms with E-state index >= 15 is 0 Å². The lowest BCUT2D eigenvalue weighted by Crippen LogP contribution is -2.33. The van der Waals surface area contributed by atoms with E-state index in [2.05, 4.69) is 5.43 Å². The van der Waals surface area contributed by atoms with Crippen molar-refractivity contribution in [2.45, 2.75) is 32.2 Å². The minimum Gasteiger partial charge on any atom is -0.336 e. The first-order valence-corrected chi connectivity index (χ1v) is 6.64. The van der Waals surface area contributed by atoms with Gasteiger partial charge in [-0.15, -0.1) is 0 Å². The summed E-state index contributed by atoms with van der Waals surface area (Å²) in [5.74, 6) is 5.08. The third-order valence-electron chi connectivity index (χ3n) is 3.31. The summed E-state index contributed by atoms with van der Waals surface area (Å²) in [5.41, 5.74) is 2.60. The molecule has 3 N–H and O–H groups in total. The summed E-state index contributed by atoms with van der Waals surface area (Å²) in [7, 11) is 0. The summed E-state index contributed by atoms with van der Waals surface area (Å²) in [5, 5.41) is 11.0. The third-order valence-corrected chi connectivity index (χ3v) is 3.31. The van der Waals surface area contributed by atoms with Crippen LogP contribution < -0.4 is 11.3 Å². The molecular weight excluding hydrogens is 260 g/mol. The lowest BCUT2D eigenvalue weighted by atomic mass is 10.1. The van der Waals surface area contributed by atoms with Gasteiger partial charge in [0.25, 0.3) is 11.6 Å². The Morgan fingerprint density at radius 2 is 2.25 bits per heavy atom. The second-order valence-electron chi connectivity index (χ2n) is 4.86. The lowest BCUT2D eigenvalue weighted by molar-refractivity contribution is -0.384. The number of amides is 1. The van der Waals surface area contributed by atoms with Crippen LogP contribution in [-0.2, 0) is 0 Å². The smallest absolute Gasteiger partial charge is 0.294 e. The van der Waals surface area contributed by atoms with Gasteiger partial charge in [-0.3, -0.25) is 20.8 Å². The van der Waals surface area contributed by atoms with Gasteiger partial charge in [-0.05, 0) is 31.4 Å². The molecule has 108 valence electrons. The molecule has 20 heavy (non-hydrogen) atoms. The average Bonchev–Trinajstić information content (AvgIpc) is 3.27.